The van der Waals surface area contributed by atoms with Crippen LogP contribution in [0.3, 0.4) is 0 Å². The second kappa shape index (κ2) is 5.58. The number of hydrogen-bond acceptors (Lipinski definition) is 7. The second-order valence-corrected chi connectivity index (χ2v) is 5.80. The summed E-state index contributed by atoms with van der Waals surface area (Å²) < 4.78 is 5.30. The summed E-state index contributed by atoms with van der Waals surface area (Å²) in [5, 5.41) is 21.2. The maximum Gasteiger partial charge on any atom is 0.187 e. The van der Waals surface area contributed by atoms with E-state index in [1.165, 1.54) is 0 Å². The number of nitriles is 1. The van der Waals surface area contributed by atoms with E-state index < -0.39 is 0 Å². The maximum absolute atomic E-state index is 9.24. The zero-order chi connectivity index (χ0) is 17.6. The van der Waals surface area contributed by atoms with Gasteiger partial charge in [0.2, 0.25) is 0 Å². The molecule has 1 aromatic carbocycles. The van der Waals surface area contributed by atoms with Gasteiger partial charge in [0.05, 0.1) is 22.4 Å². The molecule has 25 heavy (non-hydrogen) atoms. The van der Waals surface area contributed by atoms with Crippen LogP contribution in [0.15, 0.2) is 28.9 Å². The van der Waals surface area contributed by atoms with Gasteiger partial charge in [-0.05, 0) is 19.1 Å². The number of nitrogens with one attached hydrogen (secondary N) is 1. The fourth-order valence-corrected chi connectivity index (χ4v) is 2.80. The van der Waals surface area contributed by atoms with Crippen LogP contribution in [0.4, 0.5) is 5.82 Å². The summed E-state index contributed by atoms with van der Waals surface area (Å²) in [6, 6.07) is 7.22. The van der Waals surface area contributed by atoms with Gasteiger partial charge in [0.1, 0.15) is 17.5 Å². The van der Waals surface area contributed by atoms with Gasteiger partial charge in [0.15, 0.2) is 17.3 Å². The third-order valence-corrected chi connectivity index (χ3v) is 3.96. The number of aromatic amines is 1. The molecule has 0 spiro atoms. The van der Waals surface area contributed by atoms with E-state index in [0.29, 0.717) is 38.9 Å². The molecule has 4 aromatic rings. The molecule has 0 aliphatic rings. The van der Waals surface area contributed by atoms with Crippen LogP contribution in [0.1, 0.15) is 11.4 Å². The largest absolute Gasteiger partial charge is 0.381 e. The summed E-state index contributed by atoms with van der Waals surface area (Å²) in [4.78, 5) is 8.65. The minimum atomic E-state index is 0.0192. The molecule has 3 heterocycles. The number of benzene rings is 1. The van der Waals surface area contributed by atoms with Crippen LogP contribution >= 0.6 is 11.6 Å². The number of aryl methyl sites for hydroxylation is 1. The van der Waals surface area contributed by atoms with Gasteiger partial charge in [0.25, 0.3) is 0 Å². The molecule has 0 fully saturated rings. The summed E-state index contributed by atoms with van der Waals surface area (Å²) in [7, 11) is 0. The molecule has 0 radical (unpaired) electrons. The lowest BCUT2D eigenvalue weighted by atomic mass is 10.1. The quantitative estimate of drug-likeness (QED) is 0.567. The average Bonchev–Trinajstić information content (AvgIpc) is 3.23. The van der Waals surface area contributed by atoms with E-state index in [9.17, 15) is 5.26 Å². The van der Waals surface area contributed by atoms with Gasteiger partial charge in [-0.1, -0.05) is 16.8 Å². The van der Waals surface area contributed by atoms with Gasteiger partial charge in [-0.2, -0.15) is 10.4 Å². The number of nitrogens with zero attached hydrogens (tertiary/aromatic N) is 5. The van der Waals surface area contributed by atoms with Crippen LogP contribution in [0.2, 0.25) is 5.02 Å². The molecule has 4 rings (SSSR count). The number of rotatable bonds is 2. The van der Waals surface area contributed by atoms with Crippen molar-refractivity contribution >= 4 is 28.3 Å². The maximum atomic E-state index is 9.24. The Bertz CT molecular complexity index is 1160. The van der Waals surface area contributed by atoms with Crippen molar-refractivity contribution in [1.82, 2.24) is 25.3 Å². The third-order valence-electron chi connectivity index (χ3n) is 3.66. The summed E-state index contributed by atoms with van der Waals surface area (Å²) in [5.41, 5.74) is 8.72. The van der Waals surface area contributed by atoms with Crippen LogP contribution in [-0.2, 0) is 0 Å². The van der Waals surface area contributed by atoms with Crippen LogP contribution in [0.25, 0.3) is 33.6 Å². The monoisotopic (exact) mass is 351 g/mol. The smallest absolute Gasteiger partial charge is 0.187 e. The highest BCUT2D eigenvalue weighted by atomic mass is 35.5. The molecule has 0 saturated carbocycles. The first-order valence-corrected chi connectivity index (χ1v) is 7.59. The predicted molar refractivity (Wildman–Crippen MR) is 91.5 cm³/mol. The van der Waals surface area contributed by atoms with Gasteiger partial charge < -0.3 is 10.3 Å². The van der Waals surface area contributed by atoms with Crippen molar-refractivity contribution in [3.8, 4) is 28.8 Å². The molecule has 3 aromatic heterocycles. The van der Waals surface area contributed by atoms with Gasteiger partial charge >= 0.3 is 0 Å². The van der Waals surface area contributed by atoms with Gasteiger partial charge in [-0.25, -0.2) is 9.97 Å². The minimum absolute atomic E-state index is 0.0192. The number of anilines is 1. The normalized spacial score (nSPS) is 10.9. The molecular weight excluding hydrogens is 342 g/mol. The molecule has 0 bridgehead atoms. The molecule has 0 atom stereocenters. The Morgan fingerprint density at radius 3 is 2.80 bits per heavy atom. The van der Waals surface area contributed by atoms with Crippen molar-refractivity contribution in [2.24, 2.45) is 0 Å². The van der Waals surface area contributed by atoms with Crippen molar-refractivity contribution in [2.45, 2.75) is 6.92 Å². The zero-order valence-electron chi connectivity index (χ0n) is 12.9. The summed E-state index contributed by atoms with van der Waals surface area (Å²) in [5.74, 6) is 0.422. The second-order valence-electron chi connectivity index (χ2n) is 5.39. The first-order valence-electron chi connectivity index (χ1n) is 7.21. The van der Waals surface area contributed by atoms with E-state index in [2.05, 4.69) is 25.3 Å². The number of nitrogen functional groups attached to an aromatic ring is 1. The van der Waals surface area contributed by atoms with E-state index in [1.807, 2.05) is 12.1 Å². The lowest BCUT2D eigenvalue weighted by Crippen LogP contribution is -2.03. The molecule has 0 aliphatic carbocycles. The third kappa shape index (κ3) is 2.47. The van der Waals surface area contributed by atoms with Crippen molar-refractivity contribution in [2.75, 3.05) is 5.73 Å². The molecule has 0 aliphatic heterocycles. The topological polar surface area (TPSA) is 130 Å². The van der Waals surface area contributed by atoms with E-state index in [-0.39, 0.29) is 11.5 Å². The van der Waals surface area contributed by atoms with Gasteiger partial charge in [-0.15, -0.1) is 0 Å². The highest BCUT2D eigenvalue weighted by Gasteiger charge is 2.20. The molecular formula is C16H10ClN7O. The fraction of sp³-hybridized carbons (Fsp3) is 0.0625. The Kier molecular flexibility index (Phi) is 3.37. The number of aromatic nitrogens is 5. The average molecular weight is 352 g/mol. The molecule has 0 saturated heterocycles. The van der Waals surface area contributed by atoms with Crippen LogP contribution in [0, 0.1) is 18.3 Å². The molecule has 8 nitrogen and oxygen atoms in total. The number of fused-ring (bicyclic) bond motifs is 1. The number of hydrogen-bond donors (Lipinski definition) is 2. The van der Waals surface area contributed by atoms with E-state index in [0.717, 1.165) is 5.39 Å². The van der Waals surface area contributed by atoms with Gasteiger partial charge in [0, 0.05) is 17.0 Å². The highest BCUT2D eigenvalue weighted by molar-refractivity contribution is 6.35. The van der Waals surface area contributed by atoms with Crippen LogP contribution in [-0.4, -0.2) is 25.3 Å². The number of nitrogens with two attached hydrogens (primary N) is 1. The van der Waals surface area contributed by atoms with Gasteiger partial charge in [-0.3, -0.25) is 5.10 Å². The lowest BCUT2D eigenvalue weighted by Gasteiger charge is -2.09. The molecule has 0 unspecified atom stereocenters. The Hall–Kier alpha value is -3.44. The van der Waals surface area contributed by atoms with Crippen molar-refractivity contribution in [3.63, 3.8) is 0 Å². The Balaban J connectivity index is 2.02. The molecule has 122 valence electrons. The van der Waals surface area contributed by atoms with E-state index in [4.69, 9.17) is 21.9 Å². The summed E-state index contributed by atoms with van der Waals surface area (Å²) in [6.07, 6.45) is 1.65. The van der Waals surface area contributed by atoms with Crippen LogP contribution in [0.5, 0.6) is 0 Å². The van der Waals surface area contributed by atoms with E-state index >= 15 is 0 Å². The summed E-state index contributed by atoms with van der Waals surface area (Å²) in [6.45, 7) is 1.79. The fourth-order valence-electron chi connectivity index (χ4n) is 2.53. The van der Waals surface area contributed by atoms with E-state index in [1.54, 1.807) is 25.3 Å². The first-order chi connectivity index (χ1) is 12.1. The minimum Gasteiger partial charge on any atom is -0.381 e. The zero-order valence-corrected chi connectivity index (χ0v) is 13.7. The SMILES string of the molecule is Cc1cc(-c2nc(N)c(C#N)nc2-c2cc(Cl)c3[nH]ncc3c2)on1. The Morgan fingerprint density at radius 2 is 2.08 bits per heavy atom. The molecule has 0 amide bonds. The highest BCUT2D eigenvalue weighted by Crippen LogP contribution is 2.34. The Labute approximate surface area is 146 Å². The van der Waals surface area contributed by atoms with Crippen LogP contribution < -0.4 is 5.73 Å². The number of H-pyrrole nitrogens is 1. The Morgan fingerprint density at radius 1 is 1.24 bits per heavy atom. The standard InChI is InChI=1S/C16H10ClN7O/c1-7-2-12(25-24-7)15-14(21-11(5-18)16(19)22-15)8-3-9-6-20-23-13(9)10(17)4-8/h2-4,6H,1H3,(H2,19,22)(H,20,23). The predicted octanol–water partition coefficient (Wildman–Crippen LogP) is 3.09. The number of halogens is 1. The van der Waals surface area contributed by atoms with Crippen molar-refractivity contribution in [3.05, 3.63) is 40.8 Å². The molecule has 9 heteroatoms. The first kappa shape index (κ1) is 15.1. The summed E-state index contributed by atoms with van der Waals surface area (Å²) >= 11 is 6.32. The van der Waals surface area contributed by atoms with Crippen molar-refractivity contribution in [1.29, 1.82) is 5.26 Å². The lowest BCUT2D eigenvalue weighted by molar-refractivity contribution is 0.426. The van der Waals surface area contributed by atoms with Crippen molar-refractivity contribution < 1.29 is 4.52 Å². The molecule has 3 N–H and O–H groups in total.